The van der Waals surface area contributed by atoms with Gasteiger partial charge in [0.2, 0.25) is 0 Å². The van der Waals surface area contributed by atoms with Crippen molar-refractivity contribution in [3.63, 3.8) is 0 Å². The van der Waals surface area contributed by atoms with Crippen molar-refractivity contribution < 1.29 is 0 Å². The molecule has 0 N–H and O–H groups in total. The summed E-state index contributed by atoms with van der Waals surface area (Å²) < 4.78 is 3.14. The van der Waals surface area contributed by atoms with Crippen LogP contribution in [0.2, 0.25) is 0 Å². The van der Waals surface area contributed by atoms with Crippen molar-refractivity contribution in [1.82, 2.24) is 19.1 Å². The zero-order valence-corrected chi connectivity index (χ0v) is 15.4. The van der Waals surface area contributed by atoms with Gasteiger partial charge in [-0.15, -0.1) is 0 Å². The molecule has 0 spiro atoms. The van der Waals surface area contributed by atoms with Crippen LogP contribution in [0.15, 0.2) is 94.9 Å². The van der Waals surface area contributed by atoms with Gasteiger partial charge in [0.25, 0.3) is 11.1 Å². The summed E-state index contributed by atoms with van der Waals surface area (Å²) in [6, 6.07) is 20.2. The zero-order valence-electron chi connectivity index (χ0n) is 15.4. The molecular weight excluding hydrogens is 364 g/mol. The normalized spacial score (nSPS) is 11.2. The summed E-state index contributed by atoms with van der Waals surface area (Å²) in [6.45, 7) is 0.358. The van der Waals surface area contributed by atoms with Crippen LogP contribution in [0, 0.1) is 0 Å². The minimum Gasteiger partial charge on any atom is -0.309 e. The summed E-state index contributed by atoms with van der Waals surface area (Å²) in [5, 5.41) is 0.829. The van der Waals surface area contributed by atoms with Gasteiger partial charge < -0.3 is 4.57 Å². The molecule has 6 heteroatoms. The maximum absolute atomic E-state index is 13.1. The molecule has 0 unspecified atom stereocenters. The molecule has 0 radical (unpaired) electrons. The zero-order chi connectivity index (χ0) is 19.8. The van der Waals surface area contributed by atoms with Crippen molar-refractivity contribution in [3.8, 4) is 5.69 Å². The van der Waals surface area contributed by atoms with Gasteiger partial charge in [0.1, 0.15) is 0 Å². The highest BCUT2D eigenvalue weighted by Crippen LogP contribution is 2.16. The van der Waals surface area contributed by atoms with Crippen LogP contribution in [0.5, 0.6) is 0 Å². The monoisotopic (exact) mass is 380 g/mol. The lowest BCUT2D eigenvalue weighted by Gasteiger charge is -2.09. The molecule has 5 aromatic rings. The summed E-state index contributed by atoms with van der Waals surface area (Å²) in [4.78, 5) is 34.9. The number of fused-ring (bicyclic) bond motifs is 2. The number of rotatable bonds is 3. The van der Waals surface area contributed by atoms with Gasteiger partial charge in [0.15, 0.2) is 0 Å². The topological polar surface area (TPSA) is 69.8 Å². The largest absolute Gasteiger partial charge is 0.309 e. The third kappa shape index (κ3) is 3.00. The van der Waals surface area contributed by atoms with E-state index in [0.29, 0.717) is 28.4 Å². The van der Waals surface area contributed by atoms with E-state index in [1.165, 1.54) is 0 Å². The van der Waals surface area contributed by atoms with Crippen molar-refractivity contribution in [1.29, 1.82) is 0 Å². The Bertz CT molecular complexity index is 1460. The maximum atomic E-state index is 13.1. The Kier molecular flexibility index (Phi) is 4.02. The summed E-state index contributed by atoms with van der Waals surface area (Å²) in [5.74, 6) is 0. The molecule has 29 heavy (non-hydrogen) atoms. The van der Waals surface area contributed by atoms with Gasteiger partial charge in [-0.1, -0.05) is 24.3 Å². The fraction of sp³-hybridized carbons (Fsp3) is 0.0435. The lowest BCUT2D eigenvalue weighted by atomic mass is 10.2. The number of para-hydroxylation sites is 1. The Morgan fingerprint density at radius 3 is 2.24 bits per heavy atom. The second kappa shape index (κ2) is 6.83. The molecule has 0 saturated heterocycles. The Morgan fingerprint density at radius 1 is 0.759 bits per heavy atom. The van der Waals surface area contributed by atoms with Crippen LogP contribution in [0.1, 0.15) is 5.69 Å². The van der Waals surface area contributed by atoms with E-state index in [0.717, 1.165) is 11.4 Å². The first kappa shape index (κ1) is 17.1. The van der Waals surface area contributed by atoms with Crippen molar-refractivity contribution in [2.75, 3.05) is 0 Å². The molecule has 0 fully saturated rings. The van der Waals surface area contributed by atoms with Gasteiger partial charge in [-0.3, -0.25) is 19.1 Å². The quantitative estimate of drug-likeness (QED) is 0.451. The first-order valence-electron chi connectivity index (χ1n) is 9.21. The lowest BCUT2D eigenvalue weighted by Crippen LogP contribution is -2.22. The standard InChI is InChI=1S/C23H16N4O2/c28-22-18-14-19-21(10-13-27(23(19)29)17-7-2-1-3-8-17)25-20(18)9-12-26(22)15-16-6-4-5-11-24-16/h1-14H,15H2. The Balaban J connectivity index is 1.70. The molecule has 4 heterocycles. The summed E-state index contributed by atoms with van der Waals surface area (Å²) in [6.07, 6.45) is 5.12. The molecule has 0 amide bonds. The number of nitrogens with zero attached hydrogens (tertiary/aromatic N) is 4. The smallest absolute Gasteiger partial charge is 0.264 e. The van der Waals surface area contributed by atoms with Crippen LogP contribution in [0.25, 0.3) is 27.5 Å². The SMILES string of the molecule is O=c1c2cc3c(=O)n(-c4ccccc4)ccc3nc2ccn1Cc1ccccn1. The predicted molar refractivity (Wildman–Crippen MR) is 112 cm³/mol. The maximum Gasteiger partial charge on any atom is 0.264 e. The van der Waals surface area contributed by atoms with Crippen molar-refractivity contribution in [3.05, 3.63) is 112 Å². The third-order valence-corrected chi connectivity index (χ3v) is 4.91. The van der Waals surface area contributed by atoms with Crippen molar-refractivity contribution in [2.45, 2.75) is 6.54 Å². The van der Waals surface area contributed by atoms with Crippen LogP contribution in [0.3, 0.4) is 0 Å². The highest BCUT2D eigenvalue weighted by molar-refractivity contribution is 5.91. The molecule has 0 aliphatic heterocycles. The van der Waals surface area contributed by atoms with Gasteiger partial charge in [0.05, 0.1) is 34.0 Å². The first-order valence-corrected chi connectivity index (χ1v) is 9.21. The minimum absolute atomic E-state index is 0.197. The Morgan fingerprint density at radius 2 is 1.48 bits per heavy atom. The summed E-state index contributed by atoms with van der Waals surface area (Å²) in [7, 11) is 0. The molecule has 0 bridgehead atoms. The lowest BCUT2D eigenvalue weighted by molar-refractivity contribution is 0.746. The first-order chi connectivity index (χ1) is 14.2. The van der Waals surface area contributed by atoms with E-state index in [9.17, 15) is 9.59 Å². The Labute approximate surface area is 165 Å². The molecule has 6 nitrogen and oxygen atoms in total. The van der Waals surface area contributed by atoms with Crippen LogP contribution >= 0.6 is 0 Å². The molecule has 140 valence electrons. The highest BCUT2D eigenvalue weighted by atomic mass is 16.1. The van der Waals surface area contributed by atoms with E-state index in [1.807, 2.05) is 48.5 Å². The van der Waals surface area contributed by atoms with Gasteiger partial charge in [-0.2, -0.15) is 0 Å². The second-order valence-corrected chi connectivity index (χ2v) is 6.75. The number of aromatic nitrogens is 4. The number of hydrogen-bond acceptors (Lipinski definition) is 4. The van der Waals surface area contributed by atoms with E-state index >= 15 is 0 Å². The van der Waals surface area contributed by atoms with Gasteiger partial charge >= 0.3 is 0 Å². The molecule has 1 aromatic carbocycles. The van der Waals surface area contributed by atoms with Gasteiger partial charge in [0, 0.05) is 24.3 Å². The average molecular weight is 380 g/mol. The van der Waals surface area contributed by atoms with E-state index in [-0.39, 0.29) is 11.1 Å². The van der Waals surface area contributed by atoms with Crippen molar-refractivity contribution >= 4 is 21.8 Å². The third-order valence-electron chi connectivity index (χ3n) is 4.91. The molecule has 5 rings (SSSR count). The van der Waals surface area contributed by atoms with Crippen LogP contribution in [0.4, 0.5) is 0 Å². The second-order valence-electron chi connectivity index (χ2n) is 6.75. The molecular formula is C23H16N4O2. The molecule has 0 saturated carbocycles. The fourth-order valence-corrected chi connectivity index (χ4v) is 3.45. The molecule has 4 aromatic heterocycles. The van der Waals surface area contributed by atoms with E-state index in [4.69, 9.17) is 0 Å². The van der Waals surface area contributed by atoms with E-state index in [2.05, 4.69) is 9.97 Å². The molecule has 0 atom stereocenters. The Hall–Kier alpha value is -4.06. The average Bonchev–Trinajstić information content (AvgIpc) is 2.77. The number of hydrogen-bond donors (Lipinski definition) is 0. The fourth-order valence-electron chi connectivity index (χ4n) is 3.45. The number of benzene rings is 1. The van der Waals surface area contributed by atoms with Crippen LogP contribution < -0.4 is 11.1 Å². The van der Waals surface area contributed by atoms with Gasteiger partial charge in [-0.25, -0.2) is 4.98 Å². The predicted octanol–water partition coefficient (Wildman–Crippen LogP) is 3.14. The summed E-state index contributed by atoms with van der Waals surface area (Å²) in [5.41, 5.74) is 2.28. The number of pyridine rings is 4. The minimum atomic E-state index is -0.206. The van der Waals surface area contributed by atoms with Crippen LogP contribution in [-0.4, -0.2) is 19.1 Å². The van der Waals surface area contributed by atoms with E-state index in [1.54, 1.807) is 45.9 Å². The van der Waals surface area contributed by atoms with Crippen molar-refractivity contribution in [2.24, 2.45) is 0 Å². The molecule has 0 aliphatic carbocycles. The molecule has 0 aliphatic rings. The van der Waals surface area contributed by atoms with Crippen LogP contribution in [-0.2, 0) is 6.54 Å². The summed E-state index contributed by atoms with van der Waals surface area (Å²) >= 11 is 0. The van der Waals surface area contributed by atoms with E-state index < -0.39 is 0 Å². The highest BCUT2D eigenvalue weighted by Gasteiger charge is 2.11. The van der Waals surface area contributed by atoms with Gasteiger partial charge in [-0.05, 0) is 42.5 Å².